The van der Waals surface area contributed by atoms with Gasteiger partial charge in [-0.05, 0) is 17.4 Å². The van der Waals surface area contributed by atoms with Gasteiger partial charge in [0.1, 0.15) is 0 Å². The third-order valence-corrected chi connectivity index (χ3v) is 3.50. The van der Waals surface area contributed by atoms with Crippen molar-refractivity contribution in [2.45, 2.75) is 19.9 Å². The highest BCUT2D eigenvalue weighted by atomic mass is 32.1. The molecule has 3 nitrogen and oxygen atoms in total. The molecule has 1 aromatic rings. The lowest BCUT2D eigenvalue weighted by molar-refractivity contribution is 0.313. The summed E-state index contributed by atoms with van der Waals surface area (Å²) >= 11 is 1.78. The van der Waals surface area contributed by atoms with Crippen molar-refractivity contribution >= 4 is 17.3 Å². The van der Waals surface area contributed by atoms with Crippen molar-refractivity contribution in [1.82, 2.24) is 4.90 Å². The molecule has 2 rings (SSSR count). The van der Waals surface area contributed by atoms with E-state index in [2.05, 4.69) is 41.3 Å². The second kappa shape index (κ2) is 4.23. The fourth-order valence-corrected chi connectivity index (χ4v) is 2.70. The lowest BCUT2D eigenvalue weighted by Gasteiger charge is -2.27. The molecule has 82 valence electrons. The molecule has 1 aromatic heterocycles. The standard InChI is InChI=1S/C11H17N3S/c1-8(2)7-14-9(6-13-11(14)12)10-4-3-5-15-10/h3-5,8-9H,6-7H2,1-2H3,(H2,12,13). The average Bonchev–Trinajstić information content (AvgIpc) is 2.76. The third kappa shape index (κ3) is 2.15. The molecule has 1 aliphatic rings. The highest BCUT2D eigenvalue weighted by Crippen LogP contribution is 2.29. The fraction of sp³-hybridized carbons (Fsp3) is 0.545. The Hall–Kier alpha value is -1.03. The largest absolute Gasteiger partial charge is 0.370 e. The number of hydrogen-bond acceptors (Lipinski definition) is 4. The zero-order chi connectivity index (χ0) is 10.8. The Kier molecular flexibility index (Phi) is 2.95. The van der Waals surface area contributed by atoms with E-state index in [0.717, 1.165) is 13.1 Å². The van der Waals surface area contributed by atoms with E-state index in [1.807, 2.05) is 0 Å². The van der Waals surface area contributed by atoms with E-state index in [0.29, 0.717) is 17.9 Å². The van der Waals surface area contributed by atoms with Gasteiger partial charge in [-0.25, -0.2) is 0 Å². The molecule has 0 bridgehead atoms. The molecule has 0 amide bonds. The predicted molar refractivity (Wildman–Crippen MR) is 65.1 cm³/mol. The molecule has 0 saturated carbocycles. The highest BCUT2D eigenvalue weighted by molar-refractivity contribution is 7.10. The molecule has 0 radical (unpaired) electrons. The van der Waals surface area contributed by atoms with E-state index in [1.165, 1.54) is 4.88 Å². The van der Waals surface area contributed by atoms with Gasteiger partial charge >= 0.3 is 0 Å². The first-order valence-electron chi connectivity index (χ1n) is 5.28. The maximum absolute atomic E-state index is 5.90. The third-order valence-electron chi connectivity index (χ3n) is 2.53. The highest BCUT2D eigenvalue weighted by Gasteiger charge is 2.28. The maximum atomic E-state index is 5.90. The minimum Gasteiger partial charge on any atom is -0.370 e. The molecule has 1 unspecified atom stereocenters. The van der Waals surface area contributed by atoms with Crippen LogP contribution in [0.25, 0.3) is 0 Å². The Labute approximate surface area is 94.6 Å². The molecule has 0 aromatic carbocycles. The van der Waals surface area contributed by atoms with Gasteiger partial charge in [0.05, 0.1) is 12.6 Å². The van der Waals surface area contributed by atoms with Crippen LogP contribution in [0.3, 0.4) is 0 Å². The Balaban J connectivity index is 2.14. The molecule has 0 spiro atoms. The molecule has 1 atom stereocenters. The summed E-state index contributed by atoms with van der Waals surface area (Å²) in [4.78, 5) is 7.91. The first-order chi connectivity index (χ1) is 7.18. The van der Waals surface area contributed by atoms with Gasteiger partial charge in [-0.1, -0.05) is 19.9 Å². The van der Waals surface area contributed by atoms with Crippen LogP contribution < -0.4 is 5.73 Å². The van der Waals surface area contributed by atoms with Crippen molar-refractivity contribution in [1.29, 1.82) is 0 Å². The van der Waals surface area contributed by atoms with E-state index in [-0.39, 0.29) is 0 Å². The van der Waals surface area contributed by atoms with Gasteiger partial charge in [-0.3, -0.25) is 4.99 Å². The number of nitrogens with zero attached hydrogens (tertiary/aromatic N) is 2. The molecular weight excluding hydrogens is 206 g/mol. The first kappa shape index (κ1) is 10.5. The Morgan fingerprint density at radius 1 is 1.67 bits per heavy atom. The number of guanidine groups is 1. The lowest BCUT2D eigenvalue weighted by atomic mass is 10.1. The van der Waals surface area contributed by atoms with E-state index >= 15 is 0 Å². The summed E-state index contributed by atoms with van der Waals surface area (Å²) in [7, 11) is 0. The van der Waals surface area contributed by atoms with Gasteiger partial charge in [-0.2, -0.15) is 0 Å². The summed E-state index contributed by atoms with van der Waals surface area (Å²) in [5, 5.41) is 2.11. The molecule has 0 fully saturated rings. The fourth-order valence-electron chi connectivity index (χ4n) is 1.87. The van der Waals surface area contributed by atoms with Crippen LogP contribution in [-0.4, -0.2) is 23.9 Å². The molecule has 0 saturated heterocycles. The van der Waals surface area contributed by atoms with Crippen LogP contribution >= 0.6 is 11.3 Å². The van der Waals surface area contributed by atoms with Gasteiger partial charge in [0.15, 0.2) is 5.96 Å². The Morgan fingerprint density at radius 2 is 2.47 bits per heavy atom. The monoisotopic (exact) mass is 223 g/mol. The summed E-state index contributed by atoms with van der Waals surface area (Å²) in [6.45, 7) is 6.20. The SMILES string of the molecule is CC(C)CN1C(N)=NCC1c1cccs1. The van der Waals surface area contributed by atoms with Crippen LogP contribution in [0.2, 0.25) is 0 Å². The smallest absolute Gasteiger partial charge is 0.191 e. The summed E-state index contributed by atoms with van der Waals surface area (Å²) in [5.41, 5.74) is 5.90. The van der Waals surface area contributed by atoms with Crippen molar-refractivity contribution in [3.05, 3.63) is 22.4 Å². The normalized spacial score (nSPS) is 21.1. The maximum Gasteiger partial charge on any atom is 0.191 e. The van der Waals surface area contributed by atoms with Gasteiger partial charge in [0.25, 0.3) is 0 Å². The van der Waals surface area contributed by atoms with Gasteiger partial charge in [0.2, 0.25) is 0 Å². The molecule has 1 aliphatic heterocycles. The summed E-state index contributed by atoms with van der Waals surface area (Å²) < 4.78 is 0. The summed E-state index contributed by atoms with van der Waals surface area (Å²) in [6, 6.07) is 4.62. The van der Waals surface area contributed by atoms with Crippen molar-refractivity contribution in [2.24, 2.45) is 16.6 Å². The van der Waals surface area contributed by atoms with Crippen LogP contribution in [0.4, 0.5) is 0 Å². The molecule has 0 aliphatic carbocycles. The lowest BCUT2D eigenvalue weighted by Crippen LogP contribution is -2.38. The van der Waals surface area contributed by atoms with Gasteiger partial charge in [-0.15, -0.1) is 11.3 Å². The topological polar surface area (TPSA) is 41.6 Å². The number of rotatable bonds is 3. The Bertz CT molecular complexity index is 343. The zero-order valence-electron chi connectivity index (χ0n) is 9.18. The van der Waals surface area contributed by atoms with Crippen LogP contribution in [0.5, 0.6) is 0 Å². The minimum absolute atomic E-state index is 0.368. The summed E-state index contributed by atoms with van der Waals surface area (Å²) in [5.74, 6) is 1.31. The van der Waals surface area contributed by atoms with Crippen molar-refractivity contribution < 1.29 is 0 Å². The Morgan fingerprint density at radius 3 is 3.07 bits per heavy atom. The molecule has 4 heteroatoms. The van der Waals surface area contributed by atoms with Crippen LogP contribution in [0.15, 0.2) is 22.5 Å². The molecule has 15 heavy (non-hydrogen) atoms. The minimum atomic E-state index is 0.368. The number of thiophene rings is 1. The van der Waals surface area contributed by atoms with Crippen LogP contribution in [0, 0.1) is 5.92 Å². The predicted octanol–water partition coefficient (Wildman–Crippen LogP) is 2.08. The molecule has 2 heterocycles. The zero-order valence-corrected chi connectivity index (χ0v) is 10.00. The number of hydrogen-bond donors (Lipinski definition) is 1. The first-order valence-corrected chi connectivity index (χ1v) is 6.16. The number of nitrogens with two attached hydrogens (primary N) is 1. The van der Waals surface area contributed by atoms with Crippen molar-refractivity contribution in [2.75, 3.05) is 13.1 Å². The second-order valence-corrected chi connectivity index (χ2v) is 5.26. The summed E-state index contributed by atoms with van der Waals surface area (Å²) in [6.07, 6.45) is 0. The van der Waals surface area contributed by atoms with Crippen LogP contribution in [-0.2, 0) is 0 Å². The van der Waals surface area contributed by atoms with Crippen molar-refractivity contribution in [3.8, 4) is 0 Å². The van der Waals surface area contributed by atoms with E-state index in [1.54, 1.807) is 11.3 Å². The second-order valence-electron chi connectivity index (χ2n) is 4.28. The van der Waals surface area contributed by atoms with E-state index < -0.39 is 0 Å². The quantitative estimate of drug-likeness (QED) is 0.852. The van der Waals surface area contributed by atoms with Crippen LogP contribution in [0.1, 0.15) is 24.8 Å². The van der Waals surface area contributed by atoms with Gasteiger partial charge < -0.3 is 10.6 Å². The number of aliphatic imine (C=N–C) groups is 1. The van der Waals surface area contributed by atoms with E-state index in [4.69, 9.17) is 5.73 Å². The van der Waals surface area contributed by atoms with E-state index in [9.17, 15) is 0 Å². The van der Waals surface area contributed by atoms with Gasteiger partial charge in [0, 0.05) is 11.4 Å². The molecular formula is C11H17N3S. The van der Waals surface area contributed by atoms with Crippen molar-refractivity contribution in [3.63, 3.8) is 0 Å². The molecule has 2 N–H and O–H groups in total. The average molecular weight is 223 g/mol.